The number of nitrogens with zero attached hydrogens (tertiary/aromatic N) is 4. The summed E-state index contributed by atoms with van der Waals surface area (Å²) in [5.41, 5.74) is 11.5. The first-order valence-electron chi connectivity index (χ1n) is 11.8. The van der Waals surface area contributed by atoms with E-state index in [1.165, 1.54) is 68.7 Å². The molecule has 5 heteroatoms. The Morgan fingerprint density at radius 3 is 2.41 bits per heavy atom. The summed E-state index contributed by atoms with van der Waals surface area (Å²) >= 11 is 0. The van der Waals surface area contributed by atoms with E-state index in [1.54, 1.807) is 0 Å². The lowest BCUT2D eigenvalue weighted by molar-refractivity contribution is 0.107. The topological polar surface area (TPSA) is 58.3 Å². The number of rotatable bonds is 10. The van der Waals surface area contributed by atoms with Gasteiger partial charge >= 0.3 is 0 Å². The van der Waals surface area contributed by atoms with Gasteiger partial charge in [-0.05, 0) is 65.0 Å². The van der Waals surface area contributed by atoms with Gasteiger partial charge in [-0.2, -0.15) is 0 Å². The minimum atomic E-state index is 0.684. The molecule has 0 bridgehead atoms. The van der Waals surface area contributed by atoms with Crippen LogP contribution in [0.2, 0.25) is 0 Å². The number of allylic oxidation sites excluding steroid dienone is 2. The Hall–Kier alpha value is -1.46. The van der Waals surface area contributed by atoms with Crippen LogP contribution in [0.15, 0.2) is 5.57 Å². The van der Waals surface area contributed by atoms with Crippen molar-refractivity contribution in [2.45, 2.75) is 85.1 Å². The summed E-state index contributed by atoms with van der Waals surface area (Å²) < 4.78 is 0. The summed E-state index contributed by atoms with van der Waals surface area (Å²) in [7, 11) is 0. The third-order valence-corrected chi connectivity index (χ3v) is 6.62. The van der Waals surface area contributed by atoms with Crippen molar-refractivity contribution in [3.05, 3.63) is 22.7 Å². The Bertz CT molecular complexity index is 701. The van der Waals surface area contributed by atoms with Gasteiger partial charge < -0.3 is 10.6 Å². The van der Waals surface area contributed by atoms with Gasteiger partial charge in [-0.1, -0.05) is 25.3 Å². The maximum Gasteiger partial charge on any atom is 0.131 e. The van der Waals surface area contributed by atoms with Crippen molar-refractivity contribution in [2.24, 2.45) is 0 Å². The standard InChI is InChI=1S/C24H41N5/c1-5-6-11-22-26-23-20(19(4)17-21(23)24(25)27-22)10-8-7-9-12-28-13-15-29(16-14-28)18(2)3/h18H,5-17H2,1-4H3,(H2,25,26,27). The van der Waals surface area contributed by atoms with Crippen LogP contribution in [0.4, 0.5) is 5.82 Å². The fraction of sp³-hybridized carbons (Fsp3) is 0.750. The van der Waals surface area contributed by atoms with Crippen molar-refractivity contribution in [2.75, 3.05) is 38.5 Å². The Kier molecular flexibility index (Phi) is 8.07. The summed E-state index contributed by atoms with van der Waals surface area (Å²) in [5.74, 6) is 1.63. The lowest BCUT2D eigenvalue weighted by atomic mass is 10.0. The van der Waals surface area contributed by atoms with E-state index in [2.05, 4.69) is 42.5 Å². The van der Waals surface area contributed by atoms with Gasteiger partial charge in [-0.3, -0.25) is 4.90 Å². The number of piperazine rings is 1. The Balaban J connectivity index is 1.45. The summed E-state index contributed by atoms with van der Waals surface area (Å²) in [6.07, 6.45) is 9.12. The number of aromatic nitrogens is 2. The number of hydrogen-bond donors (Lipinski definition) is 1. The largest absolute Gasteiger partial charge is 0.383 e. The van der Waals surface area contributed by atoms with Gasteiger partial charge in [0, 0.05) is 44.2 Å². The van der Waals surface area contributed by atoms with Gasteiger partial charge in [0.15, 0.2) is 0 Å². The molecule has 0 atom stereocenters. The summed E-state index contributed by atoms with van der Waals surface area (Å²) in [4.78, 5) is 14.7. The highest BCUT2D eigenvalue weighted by molar-refractivity contribution is 5.76. The van der Waals surface area contributed by atoms with Crippen LogP contribution < -0.4 is 5.73 Å². The minimum absolute atomic E-state index is 0.684. The molecule has 0 aromatic carbocycles. The molecule has 0 saturated carbocycles. The monoisotopic (exact) mass is 399 g/mol. The molecular weight excluding hydrogens is 358 g/mol. The van der Waals surface area contributed by atoms with Crippen LogP contribution in [0.5, 0.6) is 0 Å². The van der Waals surface area contributed by atoms with Crippen LogP contribution in [-0.2, 0) is 12.8 Å². The SMILES string of the molecule is CCCCc1nc(N)c2c(n1)C(CCCCCN1CCN(C(C)C)CC1)=C(C)C2. The van der Waals surface area contributed by atoms with Crippen LogP contribution >= 0.6 is 0 Å². The second kappa shape index (κ2) is 10.5. The smallest absolute Gasteiger partial charge is 0.131 e. The number of hydrogen-bond acceptors (Lipinski definition) is 5. The maximum absolute atomic E-state index is 6.27. The number of nitrogen functional groups attached to an aromatic ring is 1. The molecular formula is C24H41N5. The molecule has 1 fully saturated rings. The quantitative estimate of drug-likeness (QED) is 0.594. The zero-order valence-electron chi connectivity index (χ0n) is 19.1. The zero-order valence-corrected chi connectivity index (χ0v) is 19.1. The second-order valence-electron chi connectivity index (χ2n) is 9.17. The van der Waals surface area contributed by atoms with Crippen LogP contribution in [0.1, 0.15) is 83.3 Å². The molecule has 1 saturated heterocycles. The van der Waals surface area contributed by atoms with Gasteiger partial charge in [-0.15, -0.1) is 0 Å². The number of nitrogens with two attached hydrogens (primary N) is 1. The lowest BCUT2D eigenvalue weighted by Crippen LogP contribution is -2.48. The number of unbranched alkanes of at least 4 members (excludes halogenated alkanes) is 3. The van der Waals surface area contributed by atoms with E-state index in [0.717, 1.165) is 43.6 Å². The predicted molar refractivity (Wildman–Crippen MR) is 123 cm³/mol. The van der Waals surface area contributed by atoms with E-state index in [-0.39, 0.29) is 0 Å². The summed E-state index contributed by atoms with van der Waals surface area (Å²) in [6.45, 7) is 15.2. The molecule has 0 amide bonds. The van der Waals surface area contributed by atoms with E-state index in [1.807, 2.05) is 0 Å². The van der Waals surface area contributed by atoms with Crippen molar-refractivity contribution >= 4 is 11.4 Å². The van der Waals surface area contributed by atoms with Gasteiger partial charge in [0.2, 0.25) is 0 Å². The molecule has 2 aliphatic rings. The van der Waals surface area contributed by atoms with Crippen molar-refractivity contribution in [1.82, 2.24) is 19.8 Å². The number of aryl methyl sites for hydroxylation is 1. The van der Waals surface area contributed by atoms with E-state index in [4.69, 9.17) is 10.7 Å². The fourth-order valence-electron chi connectivity index (χ4n) is 4.64. The minimum Gasteiger partial charge on any atom is -0.383 e. The maximum atomic E-state index is 6.27. The normalized spacial score (nSPS) is 18.1. The molecule has 162 valence electrons. The highest BCUT2D eigenvalue weighted by Gasteiger charge is 2.24. The van der Waals surface area contributed by atoms with E-state index in [9.17, 15) is 0 Å². The number of anilines is 1. The zero-order chi connectivity index (χ0) is 20.8. The highest BCUT2D eigenvalue weighted by atomic mass is 15.3. The average Bonchev–Trinajstić information content (AvgIpc) is 3.02. The molecule has 0 radical (unpaired) electrons. The Labute approximate surface area is 177 Å². The lowest BCUT2D eigenvalue weighted by Gasteiger charge is -2.36. The van der Waals surface area contributed by atoms with Gasteiger partial charge in [0.25, 0.3) is 0 Å². The molecule has 3 rings (SSSR count). The first-order valence-corrected chi connectivity index (χ1v) is 11.8. The van der Waals surface area contributed by atoms with Crippen LogP contribution in [0.3, 0.4) is 0 Å². The molecule has 1 aromatic rings. The average molecular weight is 400 g/mol. The van der Waals surface area contributed by atoms with Gasteiger partial charge in [0.05, 0.1) is 5.69 Å². The van der Waals surface area contributed by atoms with Crippen molar-refractivity contribution in [3.8, 4) is 0 Å². The van der Waals surface area contributed by atoms with E-state index < -0.39 is 0 Å². The molecule has 0 spiro atoms. The number of fused-ring (bicyclic) bond motifs is 1. The first-order chi connectivity index (χ1) is 14.0. The molecule has 2 heterocycles. The molecule has 1 aromatic heterocycles. The van der Waals surface area contributed by atoms with Crippen molar-refractivity contribution in [1.29, 1.82) is 0 Å². The van der Waals surface area contributed by atoms with E-state index >= 15 is 0 Å². The molecule has 0 unspecified atom stereocenters. The molecule has 5 nitrogen and oxygen atoms in total. The third-order valence-electron chi connectivity index (χ3n) is 6.62. The van der Waals surface area contributed by atoms with Crippen molar-refractivity contribution < 1.29 is 0 Å². The summed E-state index contributed by atoms with van der Waals surface area (Å²) in [5, 5.41) is 0. The first kappa shape index (κ1) is 22.2. The third kappa shape index (κ3) is 5.79. The van der Waals surface area contributed by atoms with Crippen LogP contribution in [0.25, 0.3) is 5.57 Å². The predicted octanol–water partition coefficient (Wildman–Crippen LogP) is 4.32. The van der Waals surface area contributed by atoms with E-state index in [0.29, 0.717) is 11.9 Å². The van der Waals surface area contributed by atoms with Gasteiger partial charge in [-0.25, -0.2) is 9.97 Å². The van der Waals surface area contributed by atoms with Gasteiger partial charge in [0.1, 0.15) is 11.6 Å². The summed E-state index contributed by atoms with van der Waals surface area (Å²) in [6, 6.07) is 0.684. The second-order valence-corrected chi connectivity index (χ2v) is 9.17. The van der Waals surface area contributed by atoms with Crippen molar-refractivity contribution in [3.63, 3.8) is 0 Å². The Morgan fingerprint density at radius 2 is 1.72 bits per heavy atom. The highest BCUT2D eigenvalue weighted by Crippen LogP contribution is 2.37. The molecule has 1 aliphatic carbocycles. The Morgan fingerprint density at radius 1 is 0.966 bits per heavy atom. The van der Waals surface area contributed by atoms with Crippen LogP contribution in [-0.4, -0.2) is 58.5 Å². The molecule has 2 N–H and O–H groups in total. The fourth-order valence-corrected chi connectivity index (χ4v) is 4.64. The molecule has 1 aliphatic heterocycles. The van der Waals surface area contributed by atoms with Crippen LogP contribution in [0, 0.1) is 0 Å². The molecule has 29 heavy (non-hydrogen) atoms.